The maximum absolute atomic E-state index is 11.6. The van der Waals surface area contributed by atoms with E-state index >= 15 is 0 Å². The number of hydrogen-bond acceptors (Lipinski definition) is 5. The van der Waals surface area contributed by atoms with Gasteiger partial charge in [-0.05, 0) is 42.1 Å². The average Bonchev–Trinajstić information content (AvgIpc) is 2.53. The predicted molar refractivity (Wildman–Crippen MR) is 94.1 cm³/mol. The number of phenolic OH excluding ortho intramolecular Hbond substituents is 1. The molecule has 0 spiro atoms. The molecule has 0 saturated carbocycles. The zero-order valence-corrected chi connectivity index (χ0v) is 14.1. The molecule has 0 heterocycles. The fraction of sp³-hybridized carbons (Fsp3) is 0.111. The van der Waals surface area contributed by atoms with Crippen molar-refractivity contribution in [3.05, 3.63) is 60.2 Å². The van der Waals surface area contributed by atoms with Crippen LogP contribution in [0.25, 0.3) is 10.8 Å². The van der Waals surface area contributed by atoms with Crippen LogP contribution < -0.4 is 0 Å². The number of aromatic hydroxyl groups is 1. The second-order valence-corrected chi connectivity index (χ2v) is 7.56. The van der Waals surface area contributed by atoms with E-state index in [9.17, 15) is 13.5 Å². The minimum Gasteiger partial charge on any atom is -0.506 e. The summed E-state index contributed by atoms with van der Waals surface area (Å²) in [5, 5.41) is 20.1. The molecule has 0 unspecified atom stereocenters. The van der Waals surface area contributed by atoms with E-state index in [1.165, 1.54) is 12.3 Å². The number of sulfone groups is 1. The van der Waals surface area contributed by atoms with Gasteiger partial charge in [0, 0.05) is 11.6 Å². The van der Waals surface area contributed by atoms with Gasteiger partial charge in [0.2, 0.25) is 0 Å². The Bertz CT molecular complexity index is 1060. The molecule has 0 aliphatic rings. The normalized spacial score (nSPS) is 12.1. The summed E-state index contributed by atoms with van der Waals surface area (Å²) in [5.41, 5.74) is 1.52. The number of aryl methyl sites for hydroxylation is 1. The standard InChI is InChI=1S/C18H16N2O3S/c1-12-11-14(8-10-17(12)24(2,22)23)19-20-18-15-6-4-3-5-13(15)7-9-16(18)21/h3-11,21H,1-2H3. The van der Waals surface area contributed by atoms with Crippen molar-refractivity contribution in [1.29, 1.82) is 0 Å². The molecule has 24 heavy (non-hydrogen) atoms. The van der Waals surface area contributed by atoms with Crippen LogP contribution in [-0.4, -0.2) is 19.8 Å². The minimum atomic E-state index is -3.27. The molecule has 5 nitrogen and oxygen atoms in total. The minimum absolute atomic E-state index is 0.0435. The lowest BCUT2D eigenvalue weighted by molar-refractivity contribution is 0.477. The molecular formula is C18H16N2O3S. The van der Waals surface area contributed by atoms with Gasteiger partial charge >= 0.3 is 0 Å². The van der Waals surface area contributed by atoms with E-state index in [2.05, 4.69) is 10.2 Å². The van der Waals surface area contributed by atoms with E-state index < -0.39 is 9.84 Å². The van der Waals surface area contributed by atoms with E-state index in [4.69, 9.17) is 0 Å². The number of nitrogens with zero attached hydrogens (tertiary/aromatic N) is 2. The number of azo groups is 1. The molecule has 0 aliphatic heterocycles. The van der Waals surface area contributed by atoms with E-state index in [0.717, 1.165) is 10.8 Å². The molecule has 0 amide bonds. The predicted octanol–water partition coefficient (Wildman–Crippen LogP) is 4.67. The molecule has 0 fully saturated rings. The molecule has 0 radical (unpaired) electrons. The number of hydrogen-bond donors (Lipinski definition) is 1. The molecule has 1 N–H and O–H groups in total. The lowest BCUT2D eigenvalue weighted by Crippen LogP contribution is -1.99. The van der Waals surface area contributed by atoms with Crippen molar-refractivity contribution in [3.63, 3.8) is 0 Å². The first-order valence-electron chi connectivity index (χ1n) is 7.29. The van der Waals surface area contributed by atoms with Crippen LogP contribution in [0.2, 0.25) is 0 Å². The molecule has 6 heteroatoms. The highest BCUT2D eigenvalue weighted by molar-refractivity contribution is 7.90. The summed E-state index contributed by atoms with van der Waals surface area (Å²) >= 11 is 0. The molecule has 0 aromatic heterocycles. The monoisotopic (exact) mass is 340 g/mol. The highest BCUT2D eigenvalue weighted by atomic mass is 32.2. The molecule has 0 bridgehead atoms. The van der Waals surface area contributed by atoms with Gasteiger partial charge in [0.1, 0.15) is 11.4 Å². The molecule has 0 aliphatic carbocycles. The zero-order chi connectivity index (χ0) is 17.3. The maximum Gasteiger partial charge on any atom is 0.175 e. The van der Waals surface area contributed by atoms with Gasteiger partial charge in [-0.2, -0.15) is 5.11 Å². The average molecular weight is 340 g/mol. The van der Waals surface area contributed by atoms with Crippen molar-refractivity contribution in [3.8, 4) is 5.75 Å². The Labute approximate surface area is 140 Å². The first-order valence-corrected chi connectivity index (χ1v) is 9.18. The van der Waals surface area contributed by atoms with Crippen LogP contribution in [0, 0.1) is 6.92 Å². The van der Waals surface area contributed by atoms with Crippen LogP contribution in [0.3, 0.4) is 0 Å². The molecule has 3 aromatic carbocycles. The van der Waals surface area contributed by atoms with Gasteiger partial charge in [-0.15, -0.1) is 5.11 Å². The number of phenols is 1. The summed E-state index contributed by atoms with van der Waals surface area (Å²) in [6.07, 6.45) is 1.17. The van der Waals surface area contributed by atoms with Crippen LogP contribution in [0.5, 0.6) is 5.75 Å². The van der Waals surface area contributed by atoms with Gasteiger partial charge in [0.25, 0.3) is 0 Å². The van der Waals surface area contributed by atoms with Crippen LogP contribution >= 0.6 is 0 Å². The van der Waals surface area contributed by atoms with E-state index in [-0.39, 0.29) is 10.6 Å². The second-order valence-electron chi connectivity index (χ2n) is 5.58. The van der Waals surface area contributed by atoms with Crippen LogP contribution in [0.1, 0.15) is 5.56 Å². The third-order valence-corrected chi connectivity index (χ3v) is 4.96. The first kappa shape index (κ1) is 16.1. The van der Waals surface area contributed by atoms with Crippen molar-refractivity contribution >= 4 is 32.0 Å². The highest BCUT2D eigenvalue weighted by Gasteiger charge is 2.11. The molecule has 122 valence electrons. The van der Waals surface area contributed by atoms with Gasteiger partial charge in [-0.3, -0.25) is 0 Å². The van der Waals surface area contributed by atoms with E-state index in [0.29, 0.717) is 16.9 Å². The quantitative estimate of drug-likeness (QED) is 0.703. The fourth-order valence-corrected chi connectivity index (χ4v) is 3.53. The molecule has 3 aromatic rings. The third kappa shape index (κ3) is 3.14. The van der Waals surface area contributed by atoms with Crippen LogP contribution in [-0.2, 0) is 9.84 Å². The Balaban J connectivity index is 2.03. The lowest BCUT2D eigenvalue weighted by atomic mass is 10.1. The molecular weight excluding hydrogens is 324 g/mol. The lowest BCUT2D eigenvalue weighted by Gasteiger charge is -2.05. The fourth-order valence-electron chi connectivity index (χ4n) is 2.57. The highest BCUT2D eigenvalue weighted by Crippen LogP contribution is 2.36. The Kier molecular flexibility index (Phi) is 4.07. The Morgan fingerprint density at radius 2 is 1.71 bits per heavy atom. The van der Waals surface area contributed by atoms with Crippen molar-refractivity contribution in [1.82, 2.24) is 0 Å². The van der Waals surface area contributed by atoms with Crippen LogP contribution in [0.4, 0.5) is 11.4 Å². The van der Waals surface area contributed by atoms with Gasteiger partial charge < -0.3 is 5.11 Å². The van der Waals surface area contributed by atoms with Crippen molar-refractivity contribution < 1.29 is 13.5 Å². The summed E-state index contributed by atoms with van der Waals surface area (Å²) in [7, 11) is -3.27. The Morgan fingerprint density at radius 3 is 2.42 bits per heavy atom. The summed E-state index contributed by atoms with van der Waals surface area (Å²) in [6, 6.07) is 15.7. The van der Waals surface area contributed by atoms with Gasteiger partial charge in [-0.1, -0.05) is 30.3 Å². The third-order valence-electron chi connectivity index (χ3n) is 3.70. The van der Waals surface area contributed by atoms with Crippen molar-refractivity contribution in [2.45, 2.75) is 11.8 Å². The van der Waals surface area contributed by atoms with Crippen LogP contribution in [0.15, 0.2) is 69.7 Å². The number of fused-ring (bicyclic) bond motifs is 1. The second kappa shape index (κ2) is 6.05. The number of rotatable bonds is 3. The summed E-state index contributed by atoms with van der Waals surface area (Å²) in [5.74, 6) is 0.0435. The largest absolute Gasteiger partial charge is 0.506 e. The molecule has 3 rings (SSSR count). The van der Waals surface area contributed by atoms with Gasteiger partial charge in [0.15, 0.2) is 9.84 Å². The maximum atomic E-state index is 11.6. The summed E-state index contributed by atoms with van der Waals surface area (Å²) < 4.78 is 23.3. The summed E-state index contributed by atoms with van der Waals surface area (Å²) in [6.45, 7) is 1.71. The topological polar surface area (TPSA) is 79.1 Å². The zero-order valence-electron chi connectivity index (χ0n) is 13.3. The Morgan fingerprint density at radius 1 is 0.958 bits per heavy atom. The smallest absolute Gasteiger partial charge is 0.175 e. The van der Waals surface area contributed by atoms with Crippen molar-refractivity contribution in [2.24, 2.45) is 10.2 Å². The Hall–Kier alpha value is -2.73. The van der Waals surface area contributed by atoms with Gasteiger partial charge in [0.05, 0.1) is 10.6 Å². The molecule has 0 atom stereocenters. The van der Waals surface area contributed by atoms with Crippen molar-refractivity contribution in [2.75, 3.05) is 6.26 Å². The first-order chi connectivity index (χ1) is 11.4. The molecule has 0 saturated heterocycles. The SMILES string of the molecule is Cc1cc(N=Nc2c(O)ccc3ccccc23)ccc1S(C)(=O)=O. The van der Waals surface area contributed by atoms with E-state index in [1.54, 1.807) is 25.1 Å². The summed E-state index contributed by atoms with van der Waals surface area (Å²) in [4.78, 5) is 0.273. The number of benzene rings is 3. The van der Waals surface area contributed by atoms with E-state index in [1.807, 2.05) is 30.3 Å². The van der Waals surface area contributed by atoms with Gasteiger partial charge in [-0.25, -0.2) is 8.42 Å².